The largest absolute Gasteiger partial charge is 0.392 e. The normalized spacial score (nSPS) is 11.1. The van der Waals surface area contributed by atoms with Gasteiger partial charge in [-0.05, 0) is 33.6 Å². The average molecular weight is 311 g/mol. The minimum Gasteiger partial charge on any atom is -0.392 e. The number of halogens is 2. The summed E-state index contributed by atoms with van der Waals surface area (Å²) in [5, 5.41) is 17.6. The van der Waals surface area contributed by atoms with Crippen molar-refractivity contribution in [1.82, 2.24) is 0 Å². The summed E-state index contributed by atoms with van der Waals surface area (Å²) in [6, 6.07) is 4.45. The molecule has 0 atom stereocenters. The second kappa shape index (κ2) is 4.49. The summed E-state index contributed by atoms with van der Waals surface area (Å²) in [5.41, 5.74) is 0.339. The molecule has 1 aromatic carbocycles. The Balaban J connectivity index is 3.61. The van der Waals surface area contributed by atoms with Crippen molar-refractivity contribution in [1.29, 1.82) is 5.26 Å². The van der Waals surface area contributed by atoms with Gasteiger partial charge in [0.05, 0.1) is 18.2 Å². The van der Waals surface area contributed by atoms with Crippen molar-refractivity contribution in [3.8, 4) is 6.07 Å². The van der Waals surface area contributed by atoms with Crippen LogP contribution in [0.1, 0.15) is 11.1 Å². The number of rotatable bonds is 2. The third kappa shape index (κ3) is 2.69. The van der Waals surface area contributed by atoms with E-state index in [1.165, 1.54) is 12.1 Å². The Morgan fingerprint density at radius 3 is 2.53 bits per heavy atom. The van der Waals surface area contributed by atoms with Crippen LogP contribution in [0, 0.1) is 11.3 Å². The highest BCUT2D eigenvalue weighted by molar-refractivity contribution is 9.10. The zero-order valence-electron chi connectivity index (χ0n) is 7.24. The summed E-state index contributed by atoms with van der Waals surface area (Å²) in [5.74, 6) is 0. The molecule has 0 radical (unpaired) electrons. The van der Waals surface area contributed by atoms with Crippen molar-refractivity contribution in [2.45, 2.75) is 11.5 Å². The summed E-state index contributed by atoms with van der Waals surface area (Å²) < 4.78 is 22.5. The third-order valence-corrected chi connectivity index (χ3v) is 3.98. The standard InChI is InChI=1S/C8H5BrClNO3S/c9-7-2-5(3-11)1-6(4-12)8(7)15(10,13)14/h1-2,12H,4H2. The summed E-state index contributed by atoms with van der Waals surface area (Å²) >= 11 is 2.99. The molecule has 15 heavy (non-hydrogen) atoms. The van der Waals surface area contributed by atoms with E-state index in [0.717, 1.165) is 0 Å². The van der Waals surface area contributed by atoms with Crippen molar-refractivity contribution >= 4 is 35.7 Å². The first-order chi connectivity index (χ1) is 6.90. The van der Waals surface area contributed by atoms with Crippen molar-refractivity contribution in [2.75, 3.05) is 0 Å². The molecule has 1 N–H and O–H groups in total. The van der Waals surface area contributed by atoms with Gasteiger partial charge >= 0.3 is 0 Å². The van der Waals surface area contributed by atoms with Gasteiger partial charge in [0.2, 0.25) is 0 Å². The zero-order valence-corrected chi connectivity index (χ0v) is 10.4. The van der Waals surface area contributed by atoms with Gasteiger partial charge in [-0.15, -0.1) is 0 Å². The van der Waals surface area contributed by atoms with E-state index in [-0.39, 0.29) is 20.5 Å². The molecule has 0 saturated carbocycles. The smallest absolute Gasteiger partial charge is 0.262 e. The molecule has 0 aliphatic carbocycles. The lowest BCUT2D eigenvalue weighted by atomic mass is 10.1. The topological polar surface area (TPSA) is 78.2 Å². The Hall–Kier alpha value is -0.610. The van der Waals surface area contributed by atoms with Crippen LogP contribution in [0.4, 0.5) is 0 Å². The number of hydrogen-bond donors (Lipinski definition) is 1. The molecule has 0 aromatic heterocycles. The Labute approximate surface area is 99.6 Å². The predicted molar refractivity (Wildman–Crippen MR) is 57.8 cm³/mol. The van der Waals surface area contributed by atoms with Gasteiger partial charge in [-0.3, -0.25) is 0 Å². The van der Waals surface area contributed by atoms with Crippen LogP contribution in [0.3, 0.4) is 0 Å². The van der Waals surface area contributed by atoms with Crippen LogP contribution in [0.15, 0.2) is 21.5 Å². The highest BCUT2D eigenvalue weighted by Crippen LogP contribution is 2.30. The van der Waals surface area contributed by atoms with E-state index in [1.807, 2.05) is 6.07 Å². The van der Waals surface area contributed by atoms with Crippen molar-refractivity contribution in [2.24, 2.45) is 0 Å². The van der Waals surface area contributed by atoms with E-state index in [9.17, 15) is 8.42 Å². The summed E-state index contributed by atoms with van der Waals surface area (Å²) in [6.45, 7) is -0.505. The van der Waals surface area contributed by atoms with Crippen LogP contribution in [0.2, 0.25) is 0 Å². The molecule has 0 aliphatic rings. The summed E-state index contributed by atoms with van der Waals surface area (Å²) in [6.07, 6.45) is 0. The first-order valence-corrected chi connectivity index (χ1v) is 6.78. The van der Waals surface area contributed by atoms with E-state index >= 15 is 0 Å². The first-order valence-electron chi connectivity index (χ1n) is 3.68. The number of nitriles is 1. The Kier molecular flexibility index (Phi) is 3.73. The van der Waals surface area contributed by atoms with Crippen LogP contribution in [0.5, 0.6) is 0 Å². The molecular weight excluding hydrogens is 306 g/mol. The molecule has 7 heteroatoms. The molecule has 80 valence electrons. The molecule has 0 unspecified atom stereocenters. The van der Waals surface area contributed by atoms with E-state index in [4.69, 9.17) is 21.1 Å². The minimum atomic E-state index is -3.95. The van der Waals surface area contributed by atoms with Gasteiger partial charge in [0.15, 0.2) is 0 Å². The minimum absolute atomic E-state index is 0.0934. The molecule has 0 saturated heterocycles. The van der Waals surface area contributed by atoms with Crippen molar-refractivity contribution in [3.63, 3.8) is 0 Å². The second-order valence-electron chi connectivity index (χ2n) is 2.65. The van der Waals surface area contributed by atoms with Crippen LogP contribution >= 0.6 is 26.6 Å². The summed E-state index contributed by atoms with van der Waals surface area (Å²) in [7, 11) is 1.25. The van der Waals surface area contributed by atoms with Crippen LogP contribution in [0.25, 0.3) is 0 Å². The molecule has 0 fully saturated rings. The van der Waals surface area contributed by atoms with Gasteiger partial charge in [0.1, 0.15) is 4.90 Å². The highest BCUT2D eigenvalue weighted by atomic mass is 79.9. The van der Waals surface area contributed by atoms with Crippen molar-refractivity contribution in [3.05, 3.63) is 27.7 Å². The zero-order chi connectivity index (χ0) is 11.6. The van der Waals surface area contributed by atoms with Crippen LogP contribution < -0.4 is 0 Å². The number of aliphatic hydroxyl groups excluding tert-OH is 1. The van der Waals surface area contributed by atoms with Crippen LogP contribution in [-0.2, 0) is 15.7 Å². The summed E-state index contributed by atoms with van der Waals surface area (Å²) in [4.78, 5) is -0.203. The lowest BCUT2D eigenvalue weighted by Gasteiger charge is -2.06. The Bertz CT molecular complexity index is 536. The third-order valence-electron chi connectivity index (χ3n) is 1.66. The maximum absolute atomic E-state index is 11.2. The Morgan fingerprint density at radius 1 is 1.53 bits per heavy atom. The fourth-order valence-corrected chi connectivity index (χ4v) is 3.80. The van der Waals surface area contributed by atoms with Gasteiger partial charge in [-0.1, -0.05) is 0 Å². The van der Waals surface area contributed by atoms with E-state index < -0.39 is 15.7 Å². The fourth-order valence-electron chi connectivity index (χ4n) is 1.11. The highest BCUT2D eigenvalue weighted by Gasteiger charge is 2.20. The average Bonchev–Trinajstić information content (AvgIpc) is 2.14. The molecule has 0 bridgehead atoms. The monoisotopic (exact) mass is 309 g/mol. The SMILES string of the molecule is N#Cc1cc(Br)c(S(=O)(=O)Cl)c(CO)c1. The second-order valence-corrected chi connectivity index (χ2v) is 6.01. The molecular formula is C8H5BrClNO3S. The molecule has 4 nitrogen and oxygen atoms in total. The van der Waals surface area contributed by atoms with Gasteiger partial charge in [0, 0.05) is 15.2 Å². The lowest BCUT2D eigenvalue weighted by Crippen LogP contribution is -2.00. The van der Waals surface area contributed by atoms with Gasteiger partial charge < -0.3 is 5.11 Å². The predicted octanol–water partition coefficient (Wildman–Crippen LogP) is 1.74. The molecule has 0 spiro atoms. The van der Waals surface area contributed by atoms with E-state index in [1.54, 1.807) is 0 Å². The van der Waals surface area contributed by atoms with Gasteiger partial charge in [0.25, 0.3) is 9.05 Å². The number of hydrogen-bond acceptors (Lipinski definition) is 4. The maximum Gasteiger partial charge on any atom is 0.262 e. The van der Waals surface area contributed by atoms with Gasteiger partial charge in [-0.2, -0.15) is 5.26 Å². The van der Waals surface area contributed by atoms with Crippen LogP contribution in [-0.4, -0.2) is 13.5 Å². The first kappa shape index (κ1) is 12.5. The number of nitrogens with zero attached hydrogens (tertiary/aromatic N) is 1. The molecule has 0 aliphatic heterocycles. The Morgan fingerprint density at radius 2 is 2.13 bits per heavy atom. The van der Waals surface area contributed by atoms with Gasteiger partial charge in [-0.25, -0.2) is 8.42 Å². The van der Waals surface area contributed by atoms with E-state index in [0.29, 0.717) is 0 Å². The van der Waals surface area contributed by atoms with Crippen molar-refractivity contribution < 1.29 is 13.5 Å². The molecule has 0 amide bonds. The quantitative estimate of drug-likeness (QED) is 0.844. The number of benzene rings is 1. The fraction of sp³-hybridized carbons (Fsp3) is 0.125. The molecule has 1 rings (SSSR count). The lowest BCUT2D eigenvalue weighted by molar-refractivity contribution is 0.278. The number of aliphatic hydroxyl groups is 1. The molecule has 0 heterocycles. The molecule has 1 aromatic rings. The maximum atomic E-state index is 11.2. The van der Waals surface area contributed by atoms with E-state index in [2.05, 4.69) is 15.9 Å².